The van der Waals surface area contributed by atoms with Crippen molar-refractivity contribution in [3.8, 4) is 0 Å². The Morgan fingerprint density at radius 1 is 1.60 bits per heavy atom. The number of halogens is 2. The van der Waals surface area contributed by atoms with Crippen molar-refractivity contribution >= 4 is 28.9 Å². The average molecular weight is 305 g/mol. The van der Waals surface area contributed by atoms with E-state index in [0.717, 1.165) is 12.1 Å². The number of hydrogen-bond donors (Lipinski definition) is 2. The summed E-state index contributed by atoms with van der Waals surface area (Å²) in [6, 6.07) is 1.79. The maximum atomic E-state index is 13.3. The van der Waals surface area contributed by atoms with Gasteiger partial charge >= 0.3 is 5.97 Å². The van der Waals surface area contributed by atoms with Crippen molar-refractivity contribution in [1.82, 2.24) is 0 Å². The van der Waals surface area contributed by atoms with Gasteiger partial charge in [0.2, 0.25) is 0 Å². The summed E-state index contributed by atoms with van der Waals surface area (Å²) in [5, 5.41) is 22.1. The van der Waals surface area contributed by atoms with E-state index in [4.69, 9.17) is 16.7 Å². The zero-order valence-electron chi connectivity index (χ0n) is 10.7. The summed E-state index contributed by atoms with van der Waals surface area (Å²) in [7, 11) is 0. The predicted molar refractivity (Wildman–Crippen MR) is 72.6 cm³/mol. The van der Waals surface area contributed by atoms with Crippen molar-refractivity contribution < 1.29 is 19.2 Å². The summed E-state index contributed by atoms with van der Waals surface area (Å²) >= 11 is 5.49. The van der Waals surface area contributed by atoms with Crippen LogP contribution in [0.2, 0.25) is 5.02 Å². The Morgan fingerprint density at radius 3 is 2.75 bits per heavy atom. The molecule has 0 bridgehead atoms. The molecule has 1 aromatic carbocycles. The third-order valence-electron chi connectivity index (χ3n) is 2.76. The lowest BCUT2D eigenvalue weighted by Crippen LogP contribution is -2.23. The average Bonchev–Trinajstić information content (AvgIpc) is 2.37. The number of carbonyl (C=O) groups is 1. The highest BCUT2D eigenvalue weighted by Gasteiger charge is 2.21. The molecule has 0 fully saturated rings. The molecule has 0 aliphatic carbocycles. The minimum Gasteiger partial charge on any atom is -0.481 e. The molecule has 0 heterocycles. The number of nitrogens with zero attached hydrogens (tertiary/aromatic N) is 1. The molecule has 8 heteroatoms. The van der Waals surface area contributed by atoms with Gasteiger partial charge in [0.1, 0.15) is 11.5 Å². The Balaban J connectivity index is 2.93. The largest absolute Gasteiger partial charge is 0.481 e. The molecule has 6 nitrogen and oxygen atoms in total. The van der Waals surface area contributed by atoms with Gasteiger partial charge in [0, 0.05) is 18.7 Å². The molecule has 2 N–H and O–H groups in total. The fourth-order valence-corrected chi connectivity index (χ4v) is 1.88. The standard InChI is InChI=1S/C12H14ClFN2O4/c1-2-3-7(12(17)18)6-15-10-5-9(14)8(13)4-11(10)16(19)20/h4-5,7,15H,2-3,6H2,1H3,(H,17,18). The molecule has 0 aromatic heterocycles. The molecule has 0 saturated heterocycles. The van der Waals surface area contributed by atoms with Crippen LogP contribution in [0.25, 0.3) is 0 Å². The first-order valence-electron chi connectivity index (χ1n) is 5.96. The Kier molecular flexibility index (Phi) is 5.69. The zero-order valence-corrected chi connectivity index (χ0v) is 11.5. The van der Waals surface area contributed by atoms with Gasteiger partial charge in [-0.25, -0.2) is 4.39 Å². The van der Waals surface area contributed by atoms with Gasteiger partial charge in [-0.2, -0.15) is 0 Å². The molecule has 0 saturated carbocycles. The first kappa shape index (κ1) is 16.2. The van der Waals surface area contributed by atoms with Crippen LogP contribution in [0.4, 0.5) is 15.8 Å². The summed E-state index contributed by atoms with van der Waals surface area (Å²) in [5.41, 5.74) is -0.476. The molecule has 0 aliphatic heterocycles. The number of anilines is 1. The summed E-state index contributed by atoms with van der Waals surface area (Å²) in [4.78, 5) is 21.1. The van der Waals surface area contributed by atoms with Crippen molar-refractivity contribution in [2.75, 3.05) is 11.9 Å². The molecule has 1 atom stereocenters. The quantitative estimate of drug-likeness (QED) is 0.595. The lowest BCUT2D eigenvalue weighted by molar-refractivity contribution is -0.384. The molecule has 1 unspecified atom stereocenters. The third kappa shape index (κ3) is 4.06. The van der Waals surface area contributed by atoms with E-state index in [2.05, 4.69) is 5.32 Å². The third-order valence-corrected chi connectivity index (χ3v) is 3.05. The monoisotopic (exact) mass is 304 g/mol. The number of carboxylic acids is 1. The smallest absolute Gasteiger partial charge is 0.308 e. The number of nitro benzene ring substituents is 1. The minimum absolute atomic E-state index is 0.0227. The van der Waals surface area contributed by atoms with Crippen LogP contribution in [0.1, 0.15) is 19.8 Å². The molecular formula is C12H14ClFN2O4. The molecule has 1 rings (SSSR count). The van der Waals surface area contributed by atoms with Gasteiger partial charge in [0.05, 0.1) is 15.9 Å². The van der Waals surface area contributed by atoms with E-state index in [1.165, 1.54) is 0 Å². The second kappa shape index (κ2) is 7.04. The van der Waals surface area contributed by atoms with Gasteiger partial charge in [-0.3, -0.25) is 14.9 Å². The van der Waals surface area contributed by atoms with Crippen molar-refractivity contribution in [2.45, 2.75) is 19.8 Å². The Hall–Kier alpha value is -1.89. The van der Waals surface area contributed by atoms with E-state index in [-0.39, 0.29) is 17.3 Å². The van der Waals surface area contributed by atoms with Gasteiger partial charge in [-0.05, 0) is 6.42 Å². The Bertz CT molecular complexity index is 524. The van der Waals surface area contributed by atoms with Gasteiger partial charge in [0.15, 0.2) is 0 Å². The minimum atomic E-state index is -1.00. The second-order valence-corrected chi connectivity index (χ2v) is 4.65. The predicted octanol–water partition coefficient (Wildman–Crippen LogP) is 3.30. The summed E-state index contributed by atoms with van der Waals surface area (Å²) < 4.78 is 13.3. The fourth-order valence-electron chi connectivity index (χ4n) is 1.72. The number of aliphatic carboxylic acids is 1. The van der Waals surface area contributed by atoms with E-state index in [1.54, 1.807) is 0 Å². The number of rotatable bonds is 7. The summed E-state index contributed by atoms with van der Waals surface area (Å²) in [5.74, 6) is -2.50. The summed E-state index contributed by atoms with van der Waals surface area (Å²) in [6.07, 6.45) is 1.09. The van der Waals surface area contributed by atoms with Crippen molar-refractivity contribution in [3.05, 3.63) is 33.1 Å². The molecule has 0 aliphatic rings. The van der Waals surface area contributed by atoms with E-state index in [0.29, 0.717) is 12.8 Å². The Labute approximate surface area is 119 Å². The number of nitrogens with one attached hydrogen (secondary N) is 1. The number of hydrogen-bond acceptors (Lipinski definition) is 4. The highest BCUT2D eigenvalue weighted by atomic mass is 35.5. The van der Waals surface area contributed by atoms with Crippen LogP contribution < -0.4 is 5.32 Å². The maximum Gasteiger partial charge on any atom is 0.308 e. The molecule has 1 aromatic rings. The highest BCUT2D eigenvalue weighted by molar-refractivity contribution is 6.31. The lowest BCUT2D eigenvalue weighted by Gasteiger charge is -2.13. The topological polar surface area (TPSA) is 92.5 Å². The van der Waals surface area contributed by atoms with Crippen LogP contribution in [0, 0.1) is 21.8 Å². The Morgan fingerprint density at radius 2 is 2.25 bits per heavy atom. The molecule has 0 radical (unpaired) electrons. The van der Waals surface area contributed by atoms with Gasteiger partial charge in [0.25, 0.3) is 5.69 Å². The van der Waals surface area contributed by atoms with Gasteiger partial charge < -0.3 is 10.4 Å². The van der Waals surface area contributed by atoms with Crippen LogP contribution in [0.5, 0.6) is 0 Å². The molecule has 0 amide bonds. The number of nitro groups is 1. The van der Waals surface area contributed by atoms with E-state index >= 15 is 0 Å². The number of carboxylic acid groups (broad SMARTS) is 1. The molecule has 110 valence electrons. The SMILES string of the molecule is CCCC(CNc1cc(F)c(Cl)cc1[N+](=O)[O-])C(=O)O. The molecule has 0 spiro atoms. The number of benzene rings is 1. The zero-order chi connectivity index (χ0) is 15.3. The van der Waals surface area contributed by atoms with Crippen LogP contribution in [0.3, 0.4) is 0 Å². The van der Waals surface area contributed by atoms with Crippen LogP contribution >= 0.6 is 11.6 Å². The molecular weight excluding hydrogens is 291 g/mol. The van der Waals surface area contributed by atoms with Gasteiger partial charge in [-0.15, -0.1) is 0 Å². The lowest BCUT2D eigenvalue weighted by atomic mass is 10.0. The fraction of sp³-hybridized carbons (Fsp3) is 0.417. The first-order chi connectivity index (χ1) is 9.36. The second-order valence-electron chi connectivity index (χ2n) is 4.25. The van der Waals surface area contributed by atoms with Crippen molar-refractivity contribution in [1.29, 1.82) is 0 Å². The highest BCUT2D eigenvalue weighted by Crippen LogP contribution is 2.30. The van der Waals surface area contributed by atoms with E-state index < -0.39 is 28.3 Å². The van der Waals surface area contributed by atoms with Crippen molar-refractivity contribution in [3.63, 3.8) is 0 Å². The van der Waals surface area contributed by atoms with Crippen LogP contribution in [0.15, 0.2) is 12.1 Å². The van der Waals surface area contributed by atoms with Crippen LogP contribution in [-0.2, 0) is 4.79 Å². The van der Waals surface area contributed by atoms with Crippen molar-refractivity contribution in [2.24, 2.45) is 5.92 Å². The van der Waals surface area contributed by atoms with Gasteiger partial charge in [-0.1, -0.05) is 24.9 Å². The normalized spacial score (nSPS) is 11.9. The van der Waals surface area contributed by atoms with E-state index in [9.17, 15) is 19.3 Å². The van der Waals surface area contributed by atoms with Crippen LogP contribution in [-0.4, -0.2) is 22.5 Å². The first-order valence-corrected chi connectivity index (χ1v) is 6.34. The van der Waals surface area contributed by atoms with E-state index in [1.807, 2.05) is 6.92 Å². The molecule has 20 heavy (non-hydrogen) atoms. The maximum absolute atomic E-state index is 13.3. The summed E-state index contributed by atoms with van der Waals surface area (Å²) in [6.45, 7) is 1.81.